The van der Waals surface area contributed by atoms with Crippen LogP contribution in [0.5, 0.6) is 11.8 Å². The molecule has 0 spiro atoms. The summed E-state index contributed by atoms with van der Waals surface area (Å²) in [5.74, 6) is 1.76. The normalized spacial score (nSPS) is 14.6. The summed E-state index contributed by atoms with van der Waals surface area (Å²) in [7, 11) is 3.60. The molecule has 0 aliphatic carbocycles. The number of hydrogen-bond donors (Lipinski definition) is 1. The van der Waals surface area contributed by atoms with Crippen LogP contribution in [0.3, 0.4) is 0 Å². The molecular weight excluding hydrogens is 258 g/mol. The van der Waals surface area contributed by atoms with Crippen LogP contribution in [0.4, 0.5) is 11.9 Å². The molecule has 0 atom stereocenters. The van der Waals surface area contributed by atoms with E-state index in [0.717, 1.165) is 13.1 Å². The number of hydrogen-bond acceptors (Lipinski definition) is 7. The molecule has 8 heteroatoms. The Morgan fingerprint density at radius 2 is 2.00 bits per heavy atom. The lowest BCUT2D eigenvalue weighted by atomic mass is 10.4. The molecule has 2 aromatic rings. The van der Waals surface area contributed by atoms with Gasteiger partial charge in [-0.15, -0.1) is 0 Å². The van der Waals surface area contributed by atoms with Crippen molar-refractivity contribution in [3.8, 4) is 11.8 Å². The molecule has 1 aliphatic rings. The van der Waals surface area contributed by atoms with Crippen molar-refractivity contribution in [3.05, 3.63) is 12.4 Å². The summed E-state index contributed by atoms with van der Waals surface area (Å²) in [6, 6.07) is 0.277. The van der Waals surface area contributed by atoms with E-state index in [-0.39, 0.29) is 6.01 Å². The Morgan fingerprint density at radius 1 is 1.20 bits per heavy atom. The van der Waals surface area contributed by atoms with E-state index in [4.69, 9.17) is 4.74 Å². The average molecular weight is 275 g/mol. The second-order valence-corrected chi connectivity index (χ2v) is 4.64. The second-order valence-electron chi connectivity index (χ2n) is 4.64. The van der Waals surface area contributed by atoms with E-state index in [1.165, 1.54) is 12.8 Å². The number of rotatable bonds is 4. The standard InChI is InChI=1S/C12H17N7O/c1-13-10-15-11(19-5-3-4-6-19)17-12(16-10)20-9-7-14-18(2)8-9/h7-8H,3-6H2,1-2H3,(H,13,15,16,17). The average Bonchev–Trinajstić information content (AvgIpc) is 3.10. The first-order valence-electron chi connectivity index (χ1n) is 6.60. The van der Waals surface area contributed by atoms with Gasteiger partial charge in [-0.05, 0) is 12.8 Å². The van der Waals surface area contributed by atoms with E-state index in [9.17, 15) is 0 Å². The van der Waals surface area contributed by atoms with Crippen molar-refractivity contribution in [2.24, 2.45) is 7.05 Å². The lowest BCUT2D eigenvalue weighted by molar-refractivity contribution is 0.440. The van der Waals surface area contributed by atoms with Gasteiger partial charge in [0, 0.05) is 27.2 Å². The predicted molar refractivity (Wildman–Crippen MR) is 74.1 cm³/mol. The minimum atomic E-state index is 0.277. The molecule has 0 bridgehead atoms. The summed E-state index contributed by atoms with van der Waals surface area (Å²) in [5, 5.41) is 6.98. The molecule has 106 valence electrons. The largest absolute Gasteiger partial charge is 0.421 e. The Kier molecular flexibility index (Phi) is 3.36. The molecule has 20 heavy (non-hydrogen) atoms. The molecule has 0 aromatic carbocycles. The summed E-state index contributed by atoms with van der Waals surface area (Å²) in [5.41, 5.74) is 0. The molecule has 1 saturated heterocycles. The first kappa shape index (κ1) is 12.6. The lowest BCUT2D eigenvalue weighted by Crippen LogP contribution is -2.21. The Labute approximate surface area is 116 Å². The van der Waals surface area contributed by atoms with Gasteiger partial charge in [0.1, 0.15) is 0 Å². The van der Waals surface area contributed by atoms with Crippen LogP contribution >= 0.6 is 0 Å². The Hall–Kier alpha value is -2.38. The molecule has 2 aromatic heterocycles. The summed E-state index contributed by atoms with van der Waals surface area (Å²) >= 11 is 0. The van der Waals surface area contributed by atoms with Gasteiger partial charge in [0.05, 0.1) is 12.4 Å². The number of ether oxygens (including phenoxy) is 1. The number of nitrogens with zero attached hydrogens (tertiary/aromatic N) is 6. The highest BCUT2D eigenvalue weighted by atomic mass is 16.5. The van der Waals surface area contributed by atoms with Crippen molar-refractivity contribution in [2.45, 2.75) is 12.8 Å². The molecule has 0 amide bonds. The maximum absolute atomic E-state index is 5.63. The number of aryl methyl sites for hydroxylation is 1. The lowest BCUT2D eigenvalue weighted by Gasteiger charge is -2.16. The molecule has 0 unspecified atom stereocenters. The molecule has 3 heterocycles. The molecule has 1 fully saturated rings. The number of nitrogens with one attached hydrogen (secondary N) is 1. The third-order valence-corrected chi connectivity index (χ3v) is 3.11. The molecule has 0 radical (unpaired) electrons. The van der Waals surface area contributed by atoms with Crippen molar-refractivity contribution in [1.29, 1.82) is 0 Å². The summed E-state index contributed by atoms with van der Waals surface area (Å²) in [6.07, 6.45) is 5.72. The number of anilines is 2. The smallest absolute Gasteiger partial charge is 0.328 e. The van der Waals surface area contributed by atoms with Crippen LogP contribution in [0.1, 0.15) is 12.8 Å². The first-order valence-corrected chi connectivity index (χ1v) is 6.60. The van der Waals surface area contributed by atoms with Gasteiger partial charge in [0.25, 0.3) is 0 Å². The van der Waals surface area contributed by atoms with Gasteiger partial charge in [-0.25, -0.2) is 0 Å². The zero-order valence-corrected chi connectivity index (χ0v) is 11.6. The quantitative estimate of drug-likeness (QED) is 0.892. The fourth-order valence-corrected chi connectivity index (χ4v) is 2.12. The summed E-state index contributed by atoms with van der Waals surface area (Å²) in [6.45, 7) is 1.94. The monoisotopic (exact) mass is 275 g/mol. The van der Waals surface area contributed by atoms with Crippen LogP contribution in [-0.4, -0.2) is 44.9 Å². The van der Waals surface area contributed by atoms with Crippen molar-refractivity contribution >= 4 is 11.9 Å². The topological polar surface area (TPSA) is 81.0 Å². The SMILES string of the molecule is CNc1nc(Oc2cnn(C)c2)nc(N2CCCC2)n1. The van der Waals surface area contributed by atoms with Crippen LogP contribution in [0, 0.1) is 0 Å². The van der Waals surface area contributed by atoms with Crippen LogP contribution in [-0.2, 0) is 7.05 Å². The fourth-order valence-electron chi connectivity index (χ4n) is 2.12. The molecule has 8 nitrogen and oxygen atoms in total. The van der Waals surface area contributed by atoms with E-state index in [0.29, 0.717) is 17.6 Å². The first-order chi connectivity index (χ1) is 9.74. The van der Waals surface area contributed by atoms with Gasteiger partial charge in [-0.2, -0.15) is 20.1 Å². The van der Waals surface area contributed by atoms with Gasteiger partial charge in [-0.1, -0.05) is 0 Å². The number of aromatic nitrogens is 5. The third kappa shape index (κ3) is 2.63. The molecule has 0 saturated carbocycles. The summed E-state index contributed by atoms with van der Waals surface area (Å²) in [4.78, 5) is 15.1. The van der Waals surface area contributed by atoms with Gasteiger partial charge in [0.15, 0.2) is 5.75 Å². The van der Waals surface area contributed by atoms with Crippen LogP contribution in [0.25, 0.3) is 0 Å². The van der Waals surface area contributed by atoms with Crippen LogP contribution in [0.2, 0.25) is 0 Å². The van der Waals surface area contributed by atoms with E-state index in [1.54, 1.807) is 24.1 Å². The highest BCUT2D eigenvalue weighted by molar-refractivity contribution is 5.39. The van der Waals surface area contributed by atoms with Crippen molar-refractivity contribution in [1.82, 2.24) is 24.7 Å². The highest BCUT2D eigenvalue weighted by Crippen LogP contribution is 2.22. The third-order valence-electron chi connectivity index (χ3n) is 3.11. The van der Waals surface area contributed by atoms with Crippen molar-refractivity contribution < 1.29 is 4.74 Å². The van der Waals surface area contributed by atoms with E-state index in [1.807, 2.05) is 7.05 Å². The zero-order valence-electron chi connectivity index (χ0n) is 11.6. The van der Waals surface area contributed by atoms with Crippen molar-refractivity contribution in [2.75, 3.05) is 30.4 Å². The second kappa shape index (κ2) is 5.32. The fraction of sp³-hybridized carbons (Fsp3) is 0.500. The molecule has 3 rings (SSSR count). The molecular formula is C12H17N7O. The maximum Gasteiger partial charge on any atom is 0.328 e. The Balaban J connectivity index is 1.87. The zero-order chi connectivity index (χ0) is 13.9. The van der Waals surface area contributed by atoms with E-state index < -0.39 is 0 Å². The predicted octanol–water partition coefficient (Wildman–Crippen LogP) is 1.04. The Morgan fingerprint density at radius 3 is 2.65 bits per heavy atom. The van der Waals surface area contributed by atoms with Gasteiger partial charge < -0.3 is 15.0 Å². The van der Waals surface area contributed by atoms with Crippen LogP contribution in [0.15, 0.2) is 12.4 Å². The van der Waals surface area contributed by atoms with Gasteiger partial charge in [0.2, 0.25) is 11.9 Å². The summed E-state index contributed by atoms with van der Waals surface area (Å²) < 4.78 is 7.29. The van der Waals surface area contributed by atoms with Crippen LogP contribution < -0.4 is 15.0 Å². The minimum absolute atomic E-state index is 0.277. The van der Waals surface area contributed by atoms with Gasteiger partial charge in [-0.3, -0.25) is 4.68 Å². The maximum atomic E-state index is 5.63. The van der Waals surface area contributed by atoms with Crippen molar-refractivity contribution in [3.63, 3.8) is 0 Å². The molecule has 1 aliphatic heterocycles. The highest BCUT2D eigenvalue weighted by Gasteiger charge is 2.18. The van der Waals surface area contributed by atoms with E-state index >= 15 is 0 Å². The molecule has 1 N–H and O–H groups in total. The minimum Gasteiger partial charge on any atom is -0.421 e. The van der Waals surface area contributed by atoms with Gasteiger partial charge >= 0.3 is 6.01 Å². The van der Waals surface area contributed by atoms with E-state index in [2.05, 4.69) is 30.3 Å². The Bertz CT molecular complexity index is 591.